The first-order valence-electron chi connectivity index (χ1n) is 8.01. The van der Waals surface area contributed by atoms with Crippen molar-refractivity contribution in [3.8, 4) is 0 Å². The van der Waals surface area contributed by atoms with Crippen molar-refractivity contribution in [3.05, 3.63) is 34.9 Å². The zero-order chi connectivity index (χ0) is 15.3. The number of hydrogen-bond donors (Lipinski definition) is 2. The molecule has 0 amide bonds. The molecule has 21 heavy (non-hydrogen) atoms. The van der Waals surface area contributed by atoms with Crippen molar-refractivity contribution in [2.45, 2.75) is 32.2 Å². The Balaban J connectivity index is 1.99. The average molecular weight is 310 g/mol. The smallest absolute Gasteiger partial charge is 0.0456 e. The summed E-state index contributed by atoms with van der Waals surface area (Å²) in [5, 5.41) is 4.18. The minimum Gasteiger partial charge on any atom is -0.321 e. The van der Waals surface area contributed by atoms with Gasteiger partial charge in [-0.3, -0.25) is 0 Å². The summed E-state index contributed by atoms with van der Waals surface area (Å²) in [6.07, 6.45) is 2.08. The van der Waals surface area contributed by atoms with E-state index >= 15 is 0 Å². The molecule has 1 aliphatic rings. The Bertz CT molecular complexity index is 443. The third kappa shape index (κ3) is 4.19. The van der Waals surface area contributed by atoms with Crippen molar-refractivity contribution in [2.24, 2.45) is 11.7 Å². The van der Waals surface area contributed by atoms with Crippen LogP contribution in [0.3, 0.4) is 0 Å². The van der Waals surface area contributed by atoms with Crippen LogP contribution in [-0.4, -0.2) is 37.6 Å². The Morgan fingerprint density at radius 1 is 1.29 bits per heavy atom. The van der Waals surface area contributed by atoms with Gasteiger partial charge in [0.1, 0.15) is 0 Å². The molecule has 0 radical (unpaired) electrons. The molecule has 4 heteroatoms. The van der Waals surface area contributed by atoms with E-state index in [9.17, 15) is 0 Å². The van der Waals surface area contributed by atoms with Gasteiger partial charge in [-0.15, -0.1) is 0 Å². The topological polar surface area (TPSA) is 41.3 Å². The molecule has 1 atom stereocenters. The summed E-state index contributed by atoms with van der Waals surface area (Å²) in [6, 6.07) is 8.01. The van der Waals surface area contributed by atoms with Crippen molar-refractivity contribution in [1.82, 2.24) is 10.2 Å². The molecule has 3 nitrogen and oxygen atoms in total. The molecule has 1 fully saturated rings. The molecular weight excluding hydrogens is 282 g/mol. The third-order valence-electron chi connectivity index (χ3n) is 4.68. The monoisotopic (exact) mass is 309 g/mol. The molecule has 2 rings (SSSR count). The summed E-state index contributed by atoms with van der Waals surface area (Å²) in [7, 11) is 0. The predicted octanol–water partition coefficient (Wildman–Crippen LogP) is 2.84. The van der Waals surface area contributed by atoms with Crippen LogP contribution < -0.4 is 11.1 Å². The van der Waals surface area contributed by atoms with Gasteiger partial charge < -0.3 is 16.0 Å². The Labute approximate surface area is 133 Å². The second kappa shape index (κ2) is 7.59. The summed E-state index contributed by atoms with van der Waals surface area (Å²) >= 11 is 6.38. The second-order valence-electron chi connectivity index (χ2n) is 6.37. The van der Waals surface area contributed by atoms with Crippen LogP contribution in [0.25, 0.3) is 0 Å². The Hall–Kier alpha value is -0.610. The summed E-state index contributed by atoms with van der Waals surface area (Å²) in [6.45, 7) is 9.99. The zero-order valence-electron chi connectivity index (χ0n) is 13.2. The van der Waals surface area contributed by atoms with Crippen molar-refractivity contribution in [3.63, 3.8) is 0 Å². The van der Waals surface area contributed by atoms with Crippen LogP contribution in [0.5, 0.6) is 0 Å². The van der Waals surface area contributed by atoms with Crippen LogP contribution in [-0.2, 0) is 5.54 Å². The van der Waals surface area contributed by atoms with Gasteiger partial charge in [0.2, 0.25) is 0 Å². The van der Waals surface area contributed by atoms with Gasteiger partial charge in [-0.2, -0.15) is 0 Å². The maximum atomic E-state index is 6.76. The van der Waals surface area contributed by atoms with E-state index in [0.717, 1.165) is 56.2 Å². The molecule has 0 spiro atoms. The number of nitrogens with zero attached hydrogens (tertiary/aromatic N) is 1. The first kappa shape index (κ1) is 16.8. The second-order valence-corrected chi connectivity index (χ2v) is 6.78. The quantitative estimate of drug-likeness (QED) is 0.849. The lowest BCUT2D eigenvalue weighted by molar-refractivity contribution is 0.214. The molecule has 118 valence electrons. The third-order valence-corrected chi connectivity index (χ3v) is 5.01. The van der Waals surface area contributed by atoms with E-state index in [1.165, 1.54) is 0 Å². The molecule has 1 aromatic rings. The van der Waals surface area contributed by atoms with Crippen molar-refractivity contribution in [1.29, 1.82) is 0 Å². The minimum absolute atomic E-state index is 0.341. The highest BCUT2D eigenvalue weighted by Gasteiger charge is 2.32. The molecular formula is C17H28ClN3. The first-order valence-corrected chi connectivity index (χ1v) is 8.39. The molecule has 1 aliphatic heterocycles. The zero-order valence-corrected chi connectivity index (χ0v) is 14.0. The number of rotatable bonds is 6. The highest BCUT2D eigenvalue weighted by molar-refractivity contribution is 6.31. The maximum Gasteiger partial charge on any atom is 0.0456 e. The fraction of sp³-hybridized carbons (Fsp3) is 0.647. The van der Waals surface area contributed by atoms with Crippen molar-refractivity contribution >= 4 is 11.6 Å². The summed E-state index contributed by atoms with van der Waals surface area (Å²) < 4.78 is 0. The van der Waals surface area contributed by atoms with E-state index in [0.29, 0.717) is 5.92 Å². The van der Waals surface area contributed by atoms with E-state index in [-0.39, 0.29) is 5.54 Å². The van der Waals surface area contributed by atoms with Gasteiger partial charge in [0, 0.05) is 36.7 Å². The Kier molecular flexibility index (Phi) is 6.06. The van der Waals surface area contributed by atoms with Gasteiger partial charge in [-0.25, -0.2) is 0 Å². The first-order chi connectivity index (χ1) is 10.0. The highest BCUT2D eigenvalue weighted by atomic mass is 35.5. The van der Waals surface area contributed by atoms with Gasteiger partial charge >= 0.3 is 0 Å². The number of benzene rings is 1. The van der Waals surface area contributed by atoms with E-state index in [1.54, 1.807) is 0 Å². The van der Waals surface area contributed by atoms with Gasteiger partial charge in [0.15, 0.2) is 0 Å². The van der Waals surface area contributed by atoms with Gasteiger partial charge in [0.25, 0.3) is 0 Å². The normalized spacial score (nSPS) is 19.7. The molecule has 1 heterocycles. The van der Waals surface area contributed by atoms with Crippen LogP contribution in [0.2, 0.25) is 5.02 Å². The van der Waals surface area contributed by atoms with Crippen LogP contribution in [0, 0.1) is 5.92 Å². The molecule has 3 N–H and O–H groups in total. The standard InChI is InChI=1S/C17H28ClN3/c1-14(2)17(19,15-6-3-4-7-16(15)18)8-5-11-21-12-9-20-10-13-21/h3-4,6-7,14,20H,5,8-13,19H2,1-2H3. The summed E-state index contributed by atoms with van der Waals surface area (Å²) in [5.41, 5.74) is 7.51. The van der Waals surface area contributed by atoms with E-state index in [2.05, 4.69) is 30.1 Å². The van der Waals surface area contributed by atoms with Gasteiger partial charge in [-0.1, -0.05) is 43.6 Å². The van der Waals surface area contributed by atoms with E-state index in [1.807, 2.05) is 18.2 Å². The fourth-order valence-electron chi connectivity index (χ4n) is 3.10. The minimum atomic E-state index is -0.341. The van der Waals surface area contributed by atoms with E-state index in [4.69, 9.17) is 17.3 Å². The predicted molar refractivity (Wildman–Crippen MR) is 90.7 cm³/mol. The van der Waals surface area contributed by atoms with E-state index < -0.39 is 0 Å². The number of nitrogens with two attached hydrogens (primary N) is 1. The van der Waals surface area contributed by atoms with Crippen molar-refractivity contribution < 1.29 is 0 Å². The molecule has 0 bridgehead atoms. The maximum absolute atomic E-state index is 6.76. The molecule has 1 aromatic carbocycles. The number of nitrogens with one attached hydrogen (secondary N) is 1. The molecule has 0 aliphatic carbocycles. The average Bonchev–Trinajstić information content (AvgIpc) is 2.48. The molecule has 0 saturated carbocycles. The Morgan fingerprint density at radius 3 is 2.57 bits per heavy atom. The SMILES string of the molecule is CC(C)C(N)(CCCN1CCNCC1)c1ccccc1Cl. The largest absolute Gasteiger partial charge is 0.321 e. The molecule has 1 unspecified atom stereocenters. The lowest BCUT2D eigenvalue weighted by atomic mass is 9.77. The van der Waals surface area contributed by atoms with Crippen LogP contribution in [0.15, 0.2) is 24.3 Å². The number of hydrogen-bond acceptors (Lipinski definition) is 3. The van der Waals surface area contributed by atoms with Gasteiger partial charge in [-0.05, 0) is 36.9 Å². The lowest BCUT2D eigenvalue weighted by Gasteiger charge is -2.36. The van der Waals surface area contributed by atoms with Crippen LogP contribution in [0.1, 0.15) is 32.3 Å². The number of piperazine rings is 1. The van der Waals surface area contributed by atoms with Crippen LogP contribution >= 0.6 is 11.6 Å². The lowest BCUT2D eigenvalue weighted by Crippen LogP contribution is -2.45. The molecule has 0 aromatic heterocycles. The number of halogens is 1. The van der Waals surface area contributed by atoms with Gasteiger partial charge in [0.05, 0.1) is 0 Å². The highest BCUT2D eigenvalue weighted by Crippen LogP contribution is 2.35. The summed E-state index contributed by atoms with van der Waals surface area (Å²) in [4.78, 5) is 2.52. The fourth-order valence-corrected chi connectivity index (χ4v) is 3.41. The molecule has 1 saturated heterocycles. The van der Waals surface area contributed by atoms with Crippen molar-refractivity contribution in [2.75, 3.05) is 32.7 Å². The summed E-state index contributed by atoms with van der Waals surface area (Å²) in [5.74, 6) is 0.362. The van der Waals surface area contributed by atoms with Crippen LogP contribution in [0.4, 0.5) is 0 Å². The Morgan fingerprint density at radius 2 is 1.95 bits per heavy atom.